The smallest absolute Gasteiger partial charge is 0.157 e. The molecule has 0 saturated heterocycles. The highest BCUT2D eigenvalue weighted by atomic mass is 127. The van der Waals surface area contributed by atoms with E-state index in [9.17, 15) is 15.3 Å². The molecule has 0 aromatic heterocycles. The first-order valence-electron chi connectivity index (χ1n) is 8.66. The van der Waals surface area contributed by atoms with Crippen molar-refractivity contribution < 1.29 is 20.1 Å². The zero-order valence-corrected chi connectivity index (χ0v) is 16.8. The van der Waals surface area contributed by atoms with Crippen molar-refractivity contribution in [2.45, 2.75) is 22.9 Å². The predicted molar refractivity (Wildman–Crippen MR) is 112 cm³/mol. The minimum absolute atomic E-state index is 0.00665. The third-order valence-corrected chi connectivity index (χ3v) is 6.17. The van der Waals surface area contributed by atoms with Crippen LogP contribution in [0.15, 0.2) is 60.7 Å². The Morgan fingerprint density at radius 3 is 1.93 bits per heavy atom. The second-order valence-electron chi connectivity index (χ2n) is 6.78. The maximum absolute atomic E-state index is 10.1. The molecule has 0 radical (unpaired) electrons. The summed E-state index contributed by atoms with van der Waals surface area (Å²) in [6.07, 6.45) is 0. The van der Waals surface area contributed by atoms with Gasteiger partial charge in [0.25, 0.3) is 0 Å². The molecule has 3 N–H and O–H groups in total. The minimum Gasteiger partial charge on any atom is -0.508 e. The first-order valence-corrected chi connectivity index (χ1v) is 9.91. The lowest BCUT2D eigenvalue weighted by Gasteiger charge is -2.39. The van der Waals surface area contributed by atoms with E-state index in [2.05, 4.69) is 22.6 Å². The molecule has 0 fully saturated rings. The summed E-state index contributed by atoms with van der Waals surface area (Å²) in [6, 6.07) is 18.0. The maximum atomic E-state index is 10.1. The lowest BCUT2D eigenvalue weighted by atomic mass is 9.75. The van der Waals surface area contributed by atoms with Crippen molar-refractivity contribution >= 4 is 22.6 Å². The van der Waals surface area contributed by atoms with Crippen molar-refractivity contribution in [3.05, 3.63) is 82.9 Å². The number of ether oxygens (including phenoxy) is 1. The van der Waals surface area contributed by atoms with E-state index in [0.717, 1.165) is 22.3 Å². The molecule has 0 spiro atoms. The van der Waals surface area contributed by atoms with Crippen LogP contribution >= 0.6 is 22.6 Å². The Morgan fingerprint density at radius 1 is 0.778 bits per heavy atom. The van der Waals surface area contributed by atoms with E-state index in [0.29, 0.717) is 5.75 Å². The van der Waals surface area contributed by atoms with Crippen LogP contribution in [0.25, 0.3) is 0 Å². The minimum atomic E-state index is -0.168. The van der Waals surface area contributed by atoms with Gasteiger partial charge in [-0.25, -0.2) is 0 Å². The van der Waals surface area contributed by atoms with Crippen LogP contribution in [0.4, 0.5) is 0 Å². The van der Waals surface area contributed by atoms with Crippen LogP contribution in [0, 0.1) is 6.92 Å². The van der Waals surface area contributed by atoms with E-state index >= 15 is 0 Å². The topological polar surface area (TPSA) is 69.9 Å². The molecule has 0 amide bonds. The molecule has 1 aliphatic rings. The number of alkyl halides is 1. The molecule has 0 saturated carbocycles. The SMILES string of the molecule is Cc1c(O)ccc2c1OC(I)C(c1ccc(O)cc1)C2c1ccc(O)cc1. The average Bonchev–Trinajstić information content (AvgIpc) is 2.66. The molecule has 27 heavy (non-hydrogen) atoms. The second kappa shape index (κ2) is 6.96. The Morgan fingerprint density at radius 2 is 1.33 bits per heavy atom. The van der Waals surface area contributed by atoms with Gasteiger partial charge in [-0.05, 0) is 71.0 Å². The van der Waals surface area contributed by atoms with Crippen molar-refractivity contribution in [3.8, 4) is 23.0 Å². The quantitative estimate of drug-likeness (QED) is 0.354. The molecular formula is C22H19IO4. The summed E-state index contributed by atoms with van der Waals surface area (Å²) < 4.78 is 6.06. The summed E-state index contributed by atoms with van der Waals surface area (Å²) in [5.41, 5.74) is 3.84. The molecule has 0 aliphatic carbocycles. The number of aromatic hydroxyl groups is 3. The number of halogens is 1. The molecule has 3 atom stereocenters. The number of phenols is 3. The summed E-state index contributed by atoms with van der Waals surface area (Å²) in [7, 11) is 0. The largest absolute Gasteiger partial charge is 0.508 e. The fourth-order valence-electron chi connectivity index (χ4n) is 3.74. The number of hydrogen-bond donors (Lipinski definition) is 3. The summed E-state index contributed by atoms with van der Waals surface area (Å²) >= 11 is 2.29. The molecule has 1 heterocycles. The monoisotopic (exact) mass is 474 g/mol. The summed E-state index contributed by atoms with van der Waals surface area (Å²) in [4.78, 5) is 0. The Hall–Kier alpha value is -2.41. The molecule has 4 nitrogen and oxygen atoms in total. The molecule has 5 heteroatoms. The van der Waals surface area contributed by atoms with Crippen LogP contribution in [0.2, 0.25) is 0 Å². The molecule has 1 aliphatic heterocycles. The Bertz CT molecular complexity index is 967. The molecule has 3 aromatic carbocycles. The highest BCUT2D eigenvalue weighted by Gasteiger charge is 2.40. The van der Waals surface area contributed by atoms with Crippen molar-refractivity contribution in [1.29, 1.82) is 0 Å². The van der Waals surface area contributed by atoms with E-state index in [1.54, 1.807) is 30.3 Å². The van der Waals surface area contributed by atoms with Crippen LogP contribution in [0.3, 0.4) is 0 Å². The number of benzene rings is 3. The third kappa shape index (κ3) is 3.20. The second-order valence-corrected chi connectivity index (χ2v) is 8.01. The average molecular weight is 474 g/mol. The highest BCUT2D eigenvalue weighted by Crippen LogP contribution is 2.52. The molecule has 0 bridgehead atoms. The van der Waals surface area contributed by atoms with Crippen LogP contribution in [-0.2, 0) is 0 Å². The summed E-state index contributed by atoms with van der Waals surface area (Å²) in [5.74, 6) is 1.36. The van der Waals surface area contributed by atoms with E-state index in [1.165, 1.54) is 0 Å². The van der Waals surface area contributed by atoms with Crippen molar-refractivity contribution in [3.63, 3.8) is 0 Å². The number of phenolic OH excluding ortho intramolecular Hbond substituents is 3. The van der Waals surface area contributed by atoms with Crippen LogP contribution in [0.5, 0.6) is 23.0 Å². The Kier molecular flexibility index (Phi) is 4.63. The van der Waals surface area contributed by atoms with E-state index in [1.807, 2.05) is 37.3 Å². The van der Waals surface area contributed by atoms with E-state index in [4.69, 9.17) is 4.74 Å². The van der Waals surface area contributed by atoms with Gasteiger partial charge >= 0.3 is 0 Å². The number of rotatable bonds is 2. The predicted octanol–water partition coefficient (Wildman–Crippen LogP) is 5.18. The lowest BCUT2D eigenvalue weighted by molar-refractivity contribution is 0.228. The van der Waals surface area contributed by atoms with Gasteiger partial charge < -0.3 is 20.1 Å². The van der Waals surface area contributed by atoms with Gasteiger partial charge in [0.1, 0.15) is 23.0 Å². The standard InChI is InChI=1S/C22H19IO4/c1-12-18(26)11-10-17-19(13-2-6-15(24)7-3-13)20(22(23)27-21(12)17)14-4-8-16(25)9-5-14/h2-11,19-20,22,24-26H,1H3. The normalized spacial score (nSPS) is 21.3. The Balaban J connectivity index is 1.92. The van der Waals surface area contributed by atoms with Crippen molar-refractivity contribution in [2.24, 2.45) is 0 Å². The Labute approximate surface area is 171 Å². The summed E-state index contributed by atoms with van der Waals surface area (Å²) in [5, 5.41) is 29.5. The van der Waals surface area contributed by atoms with E-state index < -0.39 is 0 Å². The van der Waals surface area contributed by atoms with E-state index in [-0.39, 0.29) is 33.2 Å². The summed E-state index contributed by atoms with van der Waals surface area (Å²) in [6.45, 7) is 1.85. The molecule has 4 rings (SSSR count). The third-order valence-electron chi connectivity index (χ3n) is 5.14. The molecule has 3 aromatic rings. The van der Waals surface area contributed by atoms with Gasteiger partial charge in [-0.2, -0.15) is 0 Å². The first kappa shape index (κ1) is 18.0. The molecule has 3 unspecified atom stereocenters. The lowest BCUT2D eigenvalue weighted by Crippen LogP contribution is -2.31. The fourth-order valence-corrected chi connectivity index (χ4v) is 4.83. The van der Waals surface area contributed by atoms with Crippen molar-refractivity contribution in [2.75, 3.05) is 0 Å². The van der Waals surface area contributed by atoms with Gasteiger partial charge in [0.2, 0.25) is 0 Å². The highest BCUT2D eigenvalue weighted by molar-refractivity contribution is 14.1. The fraction of sp³-hybridized carbons (Fsp3) is 0.182. The number of fused-ring (bicyclic) bond motifs is 1. The van der Waals surface area contributed by atoms with Crippen molar-refractivity contribution in [1.82, 2.24) is 0 Å². The van der Waals surface area contributed by atoms with Crippen LogP contribution < -0.4 is 4.74 Å². The molecule has 138 valence electrons. The van der Waals surface area contributed by atoms with Gasteiger partial charge in [-0.1, -0.05) is 30.3 Å². The van der Waals surface area contributed by atoms with Gasteiger partial charge in [0, 0.05) is 23.0 Å². The van der Waals surface area contributed by atoms with Gasteiger partial charge in [0.05, 0.1) is 0 Å². The first-order chi connectivity index (χ1) is 13.0. The van der Waals surface area contributed by atoms with Gasteiger partial charge in [-0.3, -0.25) is 0 Å². The number of hydrogen-bond acceptors (Lipinski definition) is 4. The van der Waals surface area contributed by atoms with Crippen LogP contribution in [-0.4, -0.2) is 19.4 Å². The zero-order valence-electron chi connectivity index (χ0n) is 14.6. The zero-order chi connectivity index (χ0) is 19.1. The van der Waals surface area contributed by atoms with Crippen LogP contribution in [0.1, 0.15) is 34.1 Å². The maximum Gasteiger partial charge on any atom is 0.157 e. The van der Waals surface area contributed by atoms with Gasteiger partial charge in [-0.15, -0.1) is 0 Å². The van der Waals surface area contributed by atoms with Gasteiger partial charge in [0.15, 0.2) is 4.11 Å². The molecular weight excluding hydrogens is 455 g/mol.